The highest BCUT2D eigenvalue weighted by atomic mass is 32.1. The van der Waals surface area contributed by atoms with Crippen LogP contribution in [0.2, 0.25) is 0 Å². The number of amides is 2. The minimum Gasteiger partial charge on any atom is -0.365 e. The molecule has 4 rings (SSSR count). The third-order valence-corrected chi connectivity index (χ3v) is 6.78. The lowest BCUT2D eigenvalue weighted by molar-refractivity contribution is -0.385. The fourth-order valence-electron chi connectivity index (χ4n) is 3.91. The van der Waals surface area contributed by atoms with Crippen molar-refractivity contribution in [2.75, 3.05) is 5.32 Å². The molecule has 38 heavy (non-hydrogen) atoms. The first-order valence-electron chi connectivity index (χ1n) is 11.2. The van der Waals surface area contributed by atoms with Gasteiger partial charge in [0.05, 0.1) is 16.3 Å². The average molecular weight is 551 g/mol. The lowest BCUT2D eigenvalue weighted by atomic mass is 10.0. The highest BCUT2D eigenvalue weighted by molar-refractivity contribution is 7.21. The second-order valence-corrected chi connectivity index (χ2v) is 9.30. The summed E-state index contributed by atoms with van der Waals surface area (Å²) in [6.07, 6.45) is -2.22. The number of hydrogen-bond donors (Lipinski definition) is 2. The molecule has 0 atom stereocenters. The molecule has 0 radical (unpaired) electrons. The van der Waals surface area contributed by atoms with E-state index in [1.807, 2.05) is 6.92 Å². The van der Waals surface area contributed by atoms with Gasteiger partial charge in [0.25, 0.3) is 5.91 Å². The minimum atomic E-state index is -4.78. The maximum Gasteiger partial charge on any atom is 0.433 e. The van der Waals surface area contributed by atoms with E-state index in [2.05, 4.69) is 20.5 Å². The molecular formula is C22H21F3N8O4S. The molecule has 0 aliphatic rings. The SMILES string of the molecule is CCn1cc(-c2cc(C(F)(F)F)nc3sc(C(N)=O)c(NC(=O)CCn4cc([N+](=O)[O-])c(C)n4)c23)c(C)n1. The summed E-state index contributed by atoms with van der Waals surface area (Å²) >= 11 is 0.634. The van der Waals surface area contributed by atoms with E-state index in [0.29, 0.717) is 29.1 Å². The Kier molecular flexibility index (Phi) is 6.92. The minimum absolute atomic E-state index is 0.0276. The van der Waals surface area contributed by atoms with Crippen LogP contribution in [0.4, 0.5) is 24.5 Å². The molecule has 0 saturated heterocycles. The molecule has 0 fully saturated rings. The molecule has 0 spiro atoms. The van der Waals surface area contributed by atoms with Crippen molar-refractivity contribution in [3.63, 3.8) is 0 Å². The van der Waals surface area contributed by atoms with E-state index in [0.717, 1.165) is 6.07 Å². The van der Waals surface area contributed by atoms with Crippen LogP contribution in [-0.2, 0) is 24.1 Å². The van der Waals surface area contributed by atoms with E-state index in [-0.39, 0.29) is 50.7 Å². The Balaban J connectivity index is 1.79. The zero-order valence-corrected chi connectivity index (χ0v) is 21.1. The molecule has 16 heteroatoms. The van der Waals surface area contributed by atoms with Crippen molar-refractivity contribution in [1.29, 1.82) is 0 Å². The van der Waals surface area contributed by atoms with Crippen molar-refractivity contribution in [2.45, 2.75) is 46.5 Å². The molecule has 12 nitrogen and oxygen atoms in total. The molecule has 4 aromatic heterocycles. The first-order chi connectivity index (χ1) is 17.8. The van der Waals surface area contributed by atoms with Crippen molar-refractivity contribution < 1.29 is 27.7 Å². The molecule has 4 aromatic rings. The number of nitrogens with one attached hydrogen (secondary N) is 1. The summed E-state index contributed by atoms with van der Waals surface area (Å²) in [5.74, 6) is -1.57. The van der Waals surface area contributed by atoms with Crippen LogP contribution in [0.1, 0.15) is 40.1 Å². The molecule has 0 unspecified atom stereocenters. The molecule has 0 aliphatic carbocycles. The zero-order valence-electron chi connectivity index (χ0n) is 20.3. The average Bonchev–Trinajstić information content (AvgIpc) is 3.51. The van der Waals surface area contributed by atoms with Crippen LogP contribution in [0.3, 0.4) is 0 Å². The van der Waals surface area contributed by atoms with E-state index in [1.165, 1.54) is 17.8 Å². The topological polar surface area (TPSA) is 164 Å². The Morgan fingerprint density at radius 3 is 2.39 bits per heavy atom. The number of aromatic nitrogens is 5. The van der Waals surface area contributed by atoms with E-state index in [9.17, 15) is 32.9 Å². The third-order valence-electron chi connectivity index (χ3n) is 5.69. The van der Waals surface area contributed by atoms with Gasteiger partial charge in [-0.3, -0.25) is 29.1 Å². The van der Waals surface area contributed by atoms with Gasteiger partial charge in [0, 0.05) is 36.7 Å². The number of pyridine rings is 1. The molecule has 4 heterocycles. The Bertz CT molecular complexity index is 1590. The predicted octanol–water partition coefficient (Wildman–Crippen LogP) is 4.05. The highest BCUT2D eigenvalue weighted by Crippen LogP contribution is 2.44. The molecule has 0 saturated carbocycles. The number of halogens is 3. The Hall–Kier alpha value is -4.34. The summed E-state index contributed by atoms with van der Waals surface area (Å²) in [6.45, 7) is 5.34. The number of hydrogen-bond acceptors (Lipinski definition) is 8. The number of rotatable bonds is 8. The number of nitrogens with zero attached hydrogens (tertiary/aromatic N) is 6. The number of nitrogens with two attached hydrogens (primary N) is 1. The molecular weight excluding hydrogens is 529 g/mol. The van der Waals surface area contributed by atoms with Gasteiger partial charge in [-0.25, -0.2) is 4.98 Å². The van der Waals surface area contributed by atoms with Gasteiger partial charge in [0.15, 0.2) is 0 Å². The van der Waals surface area contributed by atoms with Gasteiger partial charge in [0.2, 0.25) is 5.91 Å². The van der Waals surface area contributed by atoms with Crippen molar-refractivity contribution >= 4 is 44.7 Å². The molecule has 0 bridgehead atoms. The number of carbonyl (C=O) groups is 2. The van der Waals surface area contributed by atoms with Crippen LogP contribution in [0, 0.1) is 24.0 Å². The smallest absolute Gasteiger partial charge is 0.365 e. The van der Waals surface area contributed by atoms with Crippen molar-refractivity contribution in [2.24, 2.45) is 5.73 Å². The van der Waals surface area contributed by atoms with Gasteiger partial charge >= 0.3 is 11.9 Å². The Labute approximate surface area is 216 Å². The van der Waals surface area contributed by atoms with Crippen LogP contribution < -0.4 is 11.1 Å². The number of primary amides is 1. The highest BCUT2D eigenvalue weighted by Gasteiger charge is 2.35. The predicted molar refractivity (Wildman–Crippen MR) is 132 cm³/mol. The van der Waals surface area contributed by atoms with Gasteiger partial charge in [-0.1, -0.05) is 0 Å². The largest absolute Gasteiger partial charge is 0.433 e. The number of carbonyl (C=O) groups excluding carboxylic acids is 2. The fourth-order valence-corrected chi connectivity index (χ4v) is 4.92. The maximum atomic E-state index is 13.7. The summed E-state index contributed by atoms with van der Waals surface area (Å²) in [4.78, 5) is 39.0. The molecule has 200 valence electrons. The van der Waals surface area contributed by atoms with Gasteiger partial charge < -0.3 is 11.1 Å². The Morgan fingerprint density at radius 2 is 1.84 bits per heavy atom. The Morgan fingerprint density at radius 1 is 1.16 bits per heavy atom. The van der Waals surface area contributed by atoms with Crippen LogP contribution in [-0.4, -0.2) is 41.3 Å². The zero-order chi connectivity index (χ0) is 27.9. The molecule has 2 amide bonds. The standard InChI is InChI=1S/C22H21F3N8O4S/c1-4-31-8-13(10(2)29-31)12-7-15(22(23,24)25)27-21-17(12)18(19(38-21)20(26)35)28-16(34)5-6-32-9-14(33(36)37)11(3)30-32/h7-9H,4-6H2,1-3H3,(H2,26,35)(H,28,34). The van der Waals surface area contributed by atoms with Gasteiger partial charge in [-0.2, -0.15) is 23.4 Å². The number of aryl methyl sites for hydroxylation is 4. The number of nitro groups is 1. The number of thiophene rings is 1. The second-order valence-electron chi connectivity index (χ2n) is 8.31. The van der Waals surface area contributed by atoms with Crippen molar-refractivity contribution in [3.8, 4) is 11.1 Å². The molecule has 0 aliphatic heterocycles. The molecule has 3 N–H and O–H groups in total. The quantitative estimate of drug-likeness (QED) is 0.247. The van der Waals surface area contributed by atoms with Crippen LogP contribution in [0.15, 0.2) is 18.5 Å². The molecule has 0 aromatic carbocycles. The van der Waals surface area contributed by atoms with Crippen molar-refractivity contribution in [3.05, 3.63) is 50.5 Å². The van der Waals surface area contributed by atoms with E-state index >= 15 is 0 Å². The first kappa shape index (κ1) is 26.7. The van der Waals surface area contributed by atoms with Crippen LogP contribution in [0.5, 0.6) is 0 Å². The number of alkyl halides is 3. The lowest BCUT2D eigenvalue weighted by Crippen LogP contribution is -2.18. The lowest BCUT2D eigenvalue weighted by Gasteiger charge is -2.12. The summed E-state index contributed by atoms with van der Waals surface area (Å²) in [5, 5.41) is 22.0. The van der Waals surface area contributed by atoms with Gasteiger partial charge in [0.1, 0.15) is 27.3 Å². The summed E-state index contributed by atoms with van der Waals surface area (Å²) in [7, 11) is 0. The van der Waals surface area contributed by atoms with E-state index in [4.69, 9.17) is 5.73 Å². The monoisotopic (exact) mass is 550 g/mol. The number of fused-ring (bicyclic) bond motifs is 1. The normalized spacial score (nSPS) is 11.7. The number of anilines is 1. The van der Waals surface area contributed by atoms with E-state index in [1.54, 1.807) is 17.8 Å². The second kappa shape index (κ2) is 9.85. The van der Waals surface area contributed by atoms with Gasteiger partial charge in [-0.15, -0.1) is 11.3 Å². The summed E-state index contributed by atoms with van der Waals surface area (Å²) in [5.41, 5.74) is 5.13. The summed E-state index contributed by atoms with van der Waals surface area (Å²) < 4.78 is 43.9. The van der Waals surface area contributed by atoms with Crippen LogP contribution >= 0.6 is 11.3 Å². The first-order valence-corrected chi connectivity index (χ1v) is 12.0. The fraction of sp³-hybridized carbons (Fsp3) is 0.318. The summed E-state index contributed by atoms with van der Waals surface area (Å²) in [6, 6.07) is 0.852. The van der Waals surface area contributed by atoms with E-state index < -0.39 is 28.6 Å². The maximum absolute atomic E-state index is 13.7. The van der Waals surface area contributed by atoms with Crippen LogP contribution in [0.25, 0.3) is 21.3 Å². The van der Waals surface area contributed by atoms with Crippen molar-refractivity contribution in [1.82, 2.24) is 24.5 Å². The van der Waals surface area contributed by atoms with Gasteiger partial charge in [-0.05, 0) is 32.4 Å². The third kappa shape index (κ3) is 5.06.